The molecule has 2 amide bonds. The molecule has 0 atom stereocenters. The largest absolute Gasteiger partial charge is 0.460 e. The van der Waals surface area contributed by atoms with Crippen molar-refractivity contribution in [1.82, 2.24) is 4.90 Å². The first kappa shape index (κ1) is 16.4. The van der Waals surface area contributed by atoms with Gasteiger partial charge in [0.15, 0.2) is 0 Å². The molecular formula is C11H21N3O4. The fourth-order valence-corrected chi connectivity index (χ4v) is 1.30. The lowest BCUT2D eigenvalue weighted by Crippen LogP contribution is -2.41. The summed E-state index contributed by atoms with van der Waals surface area (Å²) in [5, 5.41) is 0. The van der Waals surface area contributed by atoms with Gasteiger partial charge in [0.1, 0.15) is 5.60 Å². The maximum Gasteiger partial charge on any atom is 0.307 e. The normalized spacial score (nSPS) is 11.3. The predicted octanol–water partition coefficient (Wildman–Crippen LogP) is -1.01. The highest BCUT2D eigenvalue weighted by Crippen LogP contribution is 2.08. The molecule has 0 spiro atoms. The Balaban J connectivity index is 4.21. The maximum atomic E-state index is 11.5. The molecule has 0 bridgehead atoms. The van der Waals surface area contributed by atoms with Gasteiger partial charge < -0.3 is 16.2 Å². The van der Waals surface area contributed by atoms with Gasteiger partial charge in [-0.1, -0.05) is 0 Å². The van der Waals surface area contributed by atoms with Crippen molar-refractivity contribution in [2.75, 3.05) is 19.6 Å². The summed E-state index contributed by atoms with van der Waals surface area (Å²) in [7, 11) is 0. The third-order valence-electron chi connectivity index (χ3n) is 1.81. The van der Waals surface area contributed by atoms with E-state index in [4.69, 9.17) is 16.2 Å². The third kappa shape index (κ3) is 9.59. The van der Waals surface area contributed by atoms with E-state index < -0.39 is 23.4 Å². The first-order valence-corrected chi connectivity index (χ1v) is 5.61. The summed E-state index contributed by atoms with van der Waals surface area (Å²) in [4.78, 5) is 34.4. The van der Waals surface area contributed by atoms with Crippen LogP contribution in [0.25, 0.3) is 0 Å². The highest BCUT2D eigenvalue weighted by atomic mass is 16.6. The van der Waals surface area contributed by atoms with Crippen molar-refractivity contribution in [2.24, 2.45) is 11.5 Å². The summed E-state index contributed by atoms with van der Waals surface area (Å²) in [5.74, 6) is -1.57. The molecule has 0 aromatic rings. The fraction of sp³-hybridized carbons (Fsp3) is 0.727. The molecule has 0 aromatic heterocycles. The van der Waals surface area contributed by atoms with Crippen LogP contribution in [0.4, 0.5) is 0 Å². The van der Waals surface area contributed by atoms with E-state index in [0.717, 1.165) is 0 Å². The van der Waals surface area contributed by atoms with Crippen LogP contribution in [0.15, 0.2) is 0 Å². The Labute approximate surface area is 106 Å². The summed E-state index contributed by atoms with van der Waals surface area (Å²) in [6, 6.07) is 0. The third-order valence-corrected chi connectivity index (χ3v) is 1.81. The Morgan fingerprint density at radius 1 is 1.06 bits per heavy atom. The number of carbonyl (C=O) groups is 3. The molecule has 4 N–H and O–H groups in total. The van der Waals surface area contributed by atoms with Gasteiger partial charge in [-0.3, -0.25) is 19.3 Å². The summed E-state index contributed by atoms with van der Waals surface area (Å²) in [6.07, 6.45) is 0.0673. The minimum atomic E-state index is -0.583. The lowest BCUT2D eigenvalue weighted by Gasteiger charge is -2.22. The zero-order chi connectivity index (χ0) is 14.3. The van der Waals surface area contributed by atoms with Gasteiger partial charge in [0, 0.05) is 6.54 Å². The van der Waals surface area contributed by atoms with E-state index in [1.165, 1.54) is 4.90 Å². The second-order valence-electron chi connectivity index (χ2n) is 4.98. The Bertz CT molecular complexity index is 307. The van der Waals surface area contributed by atoms with Crippen LogP contribution in [-0.2, 0) is 19.1 Å². The zero-order valence-electron chi connectivity index (χ0n) is 11.1. The average molecular weight is 259 g/mol. The van der Waals surface area contributed by atoms with Crippen LogP contribution in [0.1, 0.15) is 27.2 Å². The van der Waals surface area contributed by atoms with Gasteiger partial charge in [-0.05, 0) is 20.8 Å². The second kappa shape index (κ2) is 6.95. The van der Waals surface area contributed by atoms with Crippen molar-refractivity contribution in [3.05, 3.63) is 0 Å². The van der Waals surface area contributed by atoms with E-state index >= 15 is 0 Å². The van der Waals surface area contributed by atoms with Gasteiger partial charge in [0.05, 0.1) is 19.5 Å². The summed E-state index contributed by atoms with van der Waals surface area (Å²) in [5.41, 5.74) is 9.50. The van der Waals surface area contributed by atoms with Crippen LogP contribution < -0.4 is 11.5 Å². The highest BCUT2D eigenvalue weighted by molar-refractivity contribution is 5.79. The highest BCUT2D eigenvalue weighted by Gasteiger charge is 2.18. The summed E-state index contributed by atoms with van der Waals surface area (Å²) in [6.45, 7) is 5.23. The van der Waals surface area contributed by atoms with Crippen LogP contribution in [-0.4, -0.2) is 47.9 Å². The molecule has 104 valence electrons. The van der Waals surface area contributed by atoms with Crippen LogP contribution in [0.5, 0.6) is 0 Å². The molecule has 0 saturated heterocycles. The van der Waals surface area contributed by atoms with E-state index in [0.29, 0.717) is 0 Å². The number of hydrogen-bond donors (Lipinski definition) is 2. The minimum Gasteiger partial charge on any atom is -0.460 e. The van der Waals surface area contributed by atoms with Crippen LogP contribution in [0.2, 0.25) is 0 Å². The number of nitrogens with two attached hydrogens (primary N) is 2. The van der Waals surface area contributed by atoms with E-state index in [-0.39, 0.29) is 26.1 Å². The Morgan fingerprint density at radius 2 is 1.50 bits per heavy atom. The van der Waals surface area contributed by atoms with Crippen LogP contribution in [0.3, 0.4) is 0 Å². The minimum absolute atomic E-state index is 0.0673. The first-order chi connectivity index (χ1) is 8.10. The number of amides is 2. The second-order valence-corrected chi connectivity index (χ2v) is 4.98. The topological polar surface area (TPSA) is 116 Å². The maximum absolute atomic E-state index is 11.5. The SMILES string of the molecule is CC(C)(C)OC(=O)CCN(CC(N)=O)CC(N)=O. The van der Waals surface area contributed by atoms with Gasteiger partial charge >= 0.3 is 5.97 Å². The van der Waals surface area contributed by atoms with E-state index in [2.05, 4.69) is 0 Å². The molecule has 7 heteroatoms. The number of rotatable bonds is 7. The van der Waals surface area contributed by atoms with Gasteiger partial charge in [-0.15, -0.1) is 0 Å². The lowest BCUT2D eigenvalue weighted by atomic mass is 10.2. The number of carbonyl (C=O) groups excluding carboxylic acids is 3. The summed E-state index contributed by atoms with van der Waals surface area (Å²) >= 11 is 0. The number of nitrogens with zero attached hydrogens (tertiary/aromatic N) is 1. The number of esters is 1. The monoisotopic (exact) mass is 259 g/mol. The lowest BCUT2D eigenvalue weighted by molar-refractivity contribution is -0.155. The number of ether oxygens (including phenoxy) is 1. The van der Waals surface area contributed by atoms with Gasteiger partial charge in [0.2, 0.25) is 11.8 Å². The first-order valence-electron chi connectivity index (χ1n) is 5.61. The molecule has 0 aliphatic heterocycles. The van der Waals surface area contributed by atoms with Crippen LogP contribution in [0, 0.1) is 0 Å². The van der Waals surface area contributed by atoms with Gasteiger partial charge in [-0.2, -0.15) is 0 Å². The molecule has 0 saturated carbocycles. The molecule has 0 heterocycles. The standard InChI is InChI=1S/C11H21N3O4/c1-11(2,3)18-10(17)4-5-14(6-8(12)15)7-9(13)16/h4-7H2,1-3H3,(H2,12,15)(H2,13,16). The molecule has 0 aromatic carbocycles. The summed E-state index contributed by atoms with van der Waals surface area (Å²) < 4.78 is 5.10. The smallest absolute Gasteiger partial charge is 0.307 e. The van der Waals surface area contributed by atoms with E-state index in [1.54, 1.807) is 20.8 Å². The van der Waals surface area contributed by atoms with Crippen molar-refractivity contribution in [2.45, 2.75) is 32.8 Å². The molecule has 0 aliphatic rings. The Kier molecular flexibility index (Phi) is 6.32. The van der Waals surface area contributed by atoms with Crippen molar-refractivity contribution in [3.63, 3.8) is 0 Å². The molecule has 0 rings (SSSR count). The zero-order valence-corrected chi connectivity index (χ0v) is 11.1. The molecule has 0 unspecified atom stereocenters. The van der Waals surface area contributed by atoms with Crippen molar-refractivity contribution in [1.29, 1.82) is 0 Å². The molecule has 0 aliphatic carbocycles. The fourth-order valence-electron chi connectivity index (χ4n) is 1.30. The van der Waals surface area contributed by atoms with Gasteiger partial charge in [0.25, 0.3) is 0 Å². The quantitative estimate of drug-likeness (QED) is 0.568. The molecule has 0 radical (unpaired) electrons. The predicted molar refractivity (Wildman–Crippen MR) is 65.3 cm³/mol. The Hall–Kier alpha value is -1.63. The van der Waals surface area contributed by atoms with Gasteiger partial charge in [-0.25, -0.2) is 0 Å². The van der Waals surface area contributed by atoms with Crippen molar-refractivity contribution in [3.8, 4) is 0 Å². The van der Waals surface area contributed by atoms with Crippen LogP contribution >= 0.6 is 0 Å². The van der Waals surface area contributed by atoms with E-state index in [1.807, 2.05) is 0 Å². The molecule has 18 heavy (non-hydrogen) atoms. The Morgan fingerprint density at radius 3 is 1.83 bits per heavy atom. The number of hydrogen-bond acceptors (Lipinski definition) is 5. The van der Waals surface area contributed by atoms with E-state index in [9.17, 15) is 14.4 Å². The molecule has 0 fully saturated rings. The van der Waals surface area contributed by atoms with Crippen molar-refractivity contribution < 1.29 is 19.1 Å². The molecular weight excluding hydrogens is 238 g/mol. The number of primary amides is 2. The van der Waals surface area contributed by atoms with Crippen molar-refractivity contribution >= 4 is 17.8 Å². The molecule has 7 nitrogen and oxygen atoms in total. The average Bonchev–Trinajstić information content (AvgIpc) is 2.09.